The van der Waals surface area contributed by atoms with Gasteiger partial charge < -0.3 is 0 Å². The number of hydrogen-bond acceptors (Lipinski definition) is 2. The molecule has 61 valence electrons. The quantitative estimate of drug-likeness (QED) is 0.607. The summed E-state index contributed by atoms with van der Waals surface area (Å²) in [6.07, 6.45) is 4.55. The number of hydrogen-bond donors (Lipinski definition) is 1. The molecule has 0 aliphatic carbocycles. The summed E-state index contributed by atoms with van der Waals surface area (Å²) in [5.74, 6) is 0.0764. The Morgan fingerprint density at radius 1 is 1.40 bits per heavy atom. The summed E-state index contributed by atoms with van der Waals surface area (Å²) in [6.45, 7) is 2.05. The van der Waals surface area contributed by atoms with Crippen LogP contribution in [0.25, 0.3) is 0 Å². The molecule has 0 amide bonds. The molecule has 0 saturated heterocycles. The van der Waals surface area contributed by atoms with Crippen molar-refractivity contribution in [3.8, 4) is 0 Å². The van der Waals surface area contributed by atoms with Gasteiger partial charge in [-0.2, -0.15) is 0 Å². The van der Waals surface area contributed by atoms with Crippen LogP contribution in [0.3, 0.4) is 0 Å². The molecule has 0 spiro atoms. The number of rotatable bonds is 5. The highest BCUT2D eigenvalue weighted by Gasteiger charge is 2.00. The van der Waals surface area contributed by atoms with E-state index in [9.17, 15) is 8.42 Å². The van der Waals surface area contributed by atoms with Gasteiger partial charge in [-0.05, 0) is 12.8 Å². The van der Waals surface area contributed by atoms with Gasteiger partial charge in [0.2, 0.25) is 10.0 Å². The Labute approximate surface area is 62.7 Å². The van der Waals surface area contributed by atoms with E-state index in [1.54, 1.807) is 0 Å². The first-order chi connectivity index (χ1) is 4.56. The summed E-state index contributed by atoms with van der Waals surface area (Å²) in [4.78, 5) is 0. The molecule has 2 N–H and O–H groups in total. The first-order valence-electron chi connectivity index (χ1n) is 3.38. The highest BCUT2D eigenvalue weighted by atomic mass is 32.2. The van der Waals surface area contributed by atoms with Gasteiger partial charge in [-0.1, -0.05) is 19.8 Å². The van der Waals surface area contributed by atoms with Crippen LogP contribution in [-0.2, 0) is 10.0 Å². The second-order valence-corrected chi connectivity index (χ2v) is 3.97. The first kappa shape index (κ1) is 9.91. The molecule has 0 bridgehead atoms. The van der Waals surface area contributed by atoms with E-state index < -0.39 is 10.0 Å². The predicted octanol–water partition coefficient (Wildman–Crippen LogP) is 0.669. The van der Waals surface area contributed by atoms with Crippen LogP contribution in [0.5, 0.6) is 0 Å². The highest BCUT2D eigenvalue weighted by Crippen LogP contribution is 1.97. The summed E-state index contributed by atoms with van der Waals surface area (Å²) in [5.41, 5.74) is 0. The molecule has 0 saturated carbocycles. The summed E-state index contributed by atoms with van der Waals surface area (Å²) in [6, 6.07) is 0. The van der Waals surface area contributed by atoms with Gasteiger partial charge in [0, 0.05) is 0 Å². The van der Waals surface area contributed by atoms with Crippen molar-refractivity contribution in [2.24, 2.45) is 5.14 Å². The van der Waals surface area contributed by atoms with Crippen molar-refractivity contribution >= 4 is 10.0 Å². The highest BCUT2D eigenvalue weighted by molar-refractivity contribution is 7.89. The van der Waals surface area contributed by atoms with Crippen molar-refractivity contribution < 1.29 is 8.42 Å². The zero-order valence-corrected chi connectivity index (χ0v) is 7.02. The SMILES string of the molecule is CCC[CH]CCS(N)(=O)=O. The third kappa shape index (κ3) is 7.91. The van der Waals surface area contributed by atoms with E-state index in [1.807, 2.05) is 13.3 Å². The zero-order chi connectivity index (χ0) is 8.04. The second-order valence-electron chi connectivity index (χ2n) is 2.23. The van der Waals surface area contributed by atoms with E-state index in [4.69, 9.17) is 5.14 Å². The normalized spacial score (nSPS) is 11.8. The summed E-state index contributed by atoms with van der Waals surface area (Å²) >= 11 is 0. The number of sulfonamides is 1. The van der Waals surface area contributed by atoms with Crippen LogP contribution in [-0.4, -0.2) is 14.2 Å². The maximum Gasteiger partial charge on any atom is 0.209 e. The van der Waals surface area contributed by atoms with E-state index in [2.05, 4.69) is 0 Å². The van der Waals surface area contributed by atoms with Crippen molar-refractivity contribution in [2.45, 2.75) is 26.2 Å². The van der Waals surface area contributed by atoms with Gasteiger partial charge in [0.25, 0.3) is 0 Å². The minimum Gasteiger partial charge on any atom is -0.229 e. The van der Waals surface area contributed by atoms with E-state index in [0.29, 0.717) is 6.42 Å². The fraction of sp³-hybridized carbons (Fsp3) is 0.833. The van der Waals surface area contributed by atoms with Gasteiger partial charge in [0.05, 0.1) is 5.75 Å². The average Bonchev–Trinajstić information content (AvgIpc) is 1.78. The Morgan fingerprint density at radius 3 is 2.40 bits per heavy atom. The maximum absolute atomic E-state index is 10.4. The molecule has 0 aromatic heterocycles. The van der Waals surface area contributed by atoms with Crippen molar-refractivity contribution in [2.75, 3.05) is 5.75 Å². The zero-order valence-electron chi connectivity index (χ0n) is 6.21. The van der Waals surface area contributed by atoms with Crippen LogP contribution in [0.2, 0.25) is 0 Å². The lowest BCUT2D eigenvalue weighted by Crippen LogP contribution is -2.16. The predicted molar refractivity (Wildman–Crippen MR) is 41.8 cm³/mol. The van der Waals surface area contributed by atoms with Crippen molar-refractivity contribution in [1.29, 1.82) is 0 Å². The second kappa shape index (κ2) is 4.68. The Hall–Kier alpha value is -0.0900. The first-order valence-corrected chi connectivity index (χ1v) is 5.10. The van der Waals surface area contributed by atoms with Crippen LogP contribution in [0.4, 0.5) is 0 Å². The van der Waals surface area contributed by atoms with Gasteiger partial charge in [-0.15, -0.1) is 0 Å². The standard InChI is InChI=1S/C6H14NO2S/c1-2-3-4-5-6-10(7,8)9/h4H,2-3,5-6H2,1H3,(H2,7,8,9). The molecule has 0 atom stereocenters. The third-order valence-corrected chi connectivity index (χ3v) is 1.90. The fourth-order valence-electron chi connectivity index (χ4n) is 0.596. The summed E-state index contributed by atoms with van der Waals surface area (Å²) < 4.78 is 20.7. The third-order valence-electron chi connectivity index (χ3n) is 1.10. The van der Waals surface area contributed by atoms with Crippen molar-refractivity contribution in [1.82, 2.24) is 0 Å². The molecule has 0 aliphatic heterocycles. The number of primary sulfonamides is 1. The molecule has 4 heteroatoms. The minimum absolute atomic E-state index is 0.0764. The van der Waals surface area contributed by atoms with Crippen LogP contribution < -0.4 is 5.14 Å². The molecule has 0 aromatic rings. The molecule has 0 rings (SSSR count). The van der Waals surface area contributed by atoms with Gasteiger partial charge in [0.15, 0.2) is 0 Å². The van der Waals surface area contributed by atoms with E-state index in [-0.39, 0.29) is 5.75 Å². The topological polar surface area (TPSA) is 60.2 Å². The molecular weight excluding hydrogens is 150 g/mol. The maximum atomic E-state index is 10.4. The van der Waals surface area contributed by atoms with Crippen LogP contribution >= 0.6 is 0 Å². The van der Waals surface area contributed by atoms with E-state index in [1.165, 1.54) is 0 Å². The number of nitrogens with two attached hydrogens (primary N) is 1. The Bertz CT molecular complexity index is 163. The molecule has 0 fully saturated rings. The molecule has 0 aliphatic rings. The largest absolute Gasteiger partial charge is 0.229 e. The molecule has 0 aromatic carbocycles. The van der Waals surface area contributed by atoms with Crippen LogP contribution in [0.1, 0.15) is 26.2 Å². The molecule has 10 heavy (non-hydrogen) atoms. The van der Waals surface area contributed by atoms with Gasteiger partial charge in [0.1, 0.15) is 0 Å². The molecule has 3 nitrogen and oxygen atoms in total. The summed E-state index contributed by atoms with van der Waals surface area (Å²) in [5, 5.41) is 4.77. The summed E-state index contributed by atoms with van der Waals surface area (Å²) in [7, 11) is -3.24. The molecule has 0 unspecified atom stereocenters. The minimum atomic E-state index is -3.24. The monoisotopic (exact) mass is 164 g/mol. The average molecular weight is 164 g/mol. The molecule has 1 radical (unpaired) electrons. The van der Waals surface area contributed by atoms with E-state index >= 15 is 0 Å². The fourth-order valence-corrected chi connectivity index (χ4v) is 1.09. The lowest BCUT2D eigenvalue weighted by atomic mass is 10.2. The Kier molecular flexibility index (Phi) is 4.64. The lowest BCUT2D eigenvalue weighted by molar-refractivity contribution is 0.596. The molecular formula is C6H14NO2S. The van der Waals surface area contributed by atoms with Crippen LogP contribution in [0.15, 0.2) is 0 Å². The van der Waals surface area contributed by atoms with Crippen molar-refractivity contribution in [3.05, 3.63) is 6.42 Å². The van der Waals surface area contributed by atoms with Crippen molar-refractivity contribution in [3.63, 3.8) is 0 Å². The van der Waals surface area contributed by atoms with Crippen LogP contribution in [0, 0.1) is 6.42 Å². The smallest absolute Gasteiger partial charge is 0.209 e. The molecule has 0 heterocycles. The van der Waals surface area contributed by atoms with Gasteiger partial charge in [-0.25, -0.2) is 13.6 Å². The Morgan fingerprint density at radius 2 is 2.00 bits per heavy atom. The van der Waals surface area contributed by atoms with Gasteiger partial charge >= 0.3 is 0 Å². The van der Waals surface area contributed by atoms with E-state index in [0.717, 1.165) is 12.8 Å². The lowest BCUT2D eigenvalue weighted by Gasteiger charge is -1.95. The number of unbranched alkanes of at least 4 members (excludes halogenated alkanes) is 3. The van der Waals surface area contributed by atoms with Gasteiger partial charge in [-0.3, -0.25) is 0 Å². The Balaban J connectivity index is 3.21.